The number of aromatic amines is 1. The molecular weight excluding hydrogens is 458 g/mol. The van der Waals surface area contributed by atoms with Crippen LogP contribution in [-0.4, -0.2) is 78.6 Å². The summed E-state index contributed by atoms with van der Waals surface area (Å²) in [6, 6.07) is 6.02. The van der Waals surface area contributed by atoms with Gasteiger partial charge in [0, 0.05) is 42.8 Å². The molecule has 8 nitrogen and oxygen atoms in total. The molecule has 2 aromatic heterocycles. The third-order valence-electron chi connectivity index (χ3n) is 5.66. The van der Waals surface area contributed by atoms with Gasteiger partial charge in [0.05, 0.1) is 35.5 Å². The lowest BCUT2D eigenvalue weighted by atomic mass is 10.1. The topological polar surface area (TPSA) is 82.2 Å². The predicted octanol–water partition coefficient (Wildman–Crippen LogP) is 3.77. The van der Waals surface area contributed by atoms with E-state index in [-0.39, 0.29) is 0 Å². The van der Waals surface area contributed by atoms with Crippen LogP contribution < -0.4 is 10.2 Å². The molecular formula is C26H33N7OS. The van der Waals surface area contributed by atoms with Crippen molar-refractivity contribution in [3.63, 3.8) is 0 Å². The molecule has 5 rings (SSSR count). The van der Waals surface area contributed by atoms with Crippen molar-refractivity contribution in [2.45, 2.75) is 11.8 Å². The number of likely N-dealkylation sites (N-methyl/N-ethyl adjacent to an activating group) is 1. The Morgan fingerprint density at radius 2 is 2.03 bits per heavy atom. The van der Waals surface area contributed by atoms with Crippen LogP contribution in [0, 0.1) is 0 Å². The molecule has 0 aliphatic carbocycles. The van der Waals surface area contributed by atoms with Crippen molar-refractivity contribution in [2.24, 2.45) is 0 Å². The summed E-state index contributed by atoms with van der Waals surface area (Å²) >= 11 is 4.78. The number of hydrogen-bond donors (Lipinski definition) is 3. The summed E-state index contributed by atoms with van der Waals surface area (Å²) in [6.07, 6.45) is 12.1. The number of nitrogens with one attached hydrogen (secondary N) is 2. The average Bonchev–Trinajstić information content (AvgIpc) is 3.35. The number of H-pyrrole nitrogens is 1. The highest BCUT2D eigenvalue weighted by atomic mass is 32.1. The molecule has 3 aromatic rings. The number of morpholine rings is 1. The number of allylic oxidation sites excluding steroid dienone is 3. The van der Waals surface area contributed by atoms with Gasteiger partial charge in [-0.3, -0.25) is 5.10 Å². The number of rotatable bonds is 5. The maximum atomic E-state index is 5.50. The number of thiol groups is 1. The Bertz CT molecular complexity index is 1230. The molecule has 4 heterocycles. The van der Waals surface area contributed by atoms with Crippen molar-refractivity contribution in [1.29, 1.82) is 0 Å². The Morgan fingerprint density at radius 1 is 1.20 bits per heavy atom. The lowest BCUT2D eigenvalue weighted by molar-refractivity contribution is 0.122. The van der Waals surface area contributed by atoms with E-state index in [1.807, 2.05) is 44.6 Å². The minimum absolute atomic E-state index is 0.677. The van der Waals surface area contributed by atoms with Gasteiger partial charge in [0.2, 0.25) is 0 Å². The predicted molar refractivity (Wildman–Crippen MR) is 146 cm³/mol. The zero-order chi connectivity index (χ0) is 24.6. The Kier molecular flexibility index (Phi) is 8.57. The molecule has 1 saturated heterocycles. The van der Waals surface area contributed by atoms with Gasteiger partial charge in [-0.05, 0) is 39.2 Å². The van der Waals surface area contributed by atoms with Crippen molar-refractivity contribution < 1.29 is 4.74 Å². The van der Waals surface area contributed by atoms with Crippen LogP contribution in [0.2, 0.25) is 0 Å². The van der Waals surface area contributed by atoms with E-state index in [4.69, 9.17) is 27.3 Å². The summed E-state index contributed by atoms with van der Waals surface area (Å²) in [7, 11) is 4.08. The molecule has 9 heteroatoms. The molecule has 0 radical (unpaired) electrons. The van der Waals surface area contributed by atoms with Crippen LogP contribution in [0.1, 0.15) is 12.6 Å². The number of ether oxygens (including phenoxy) is 1. The first kappa shape index (κ1) is 25.0. The number of dihydropyridines is 1. The van der Waals surface area contributed by atoms with E-state index in [0.717, 1.165) is 59.1 Å². The smallest absolute Gasteiger partial charge is 0.162 e. The van der Waals surface area contributed by atoms with Crippen LogP contribution in [-0.2, 0) is 4.74 Å². The molecule has 2 aliphatic rings. The molecule has 0 unspecified atom stereocenters. The highest BCUT2D eigenvalue weighted by molar-refractivity contribution is 7.80. The zero-order valence-electron chi connectivity index (χ0n) is 20.5. The van der Waals surface area contributed by atoms with Gasteiger partial charge in [0.25, 0.3) is 0 Å². The van der Waals surface area contributed by atoms with Crippen LogP contribution in [0.25, 0.3) is 28.4 Å². The summed E-state index contributed by atoms with van der Waals surface area (Å²) in [5, 5.41) is 11.3. The van der Waals surface area contributed by atoms with E-state index in [2.05, 4.69) is 56.5 Å². The van der Waals surface area contributed by atoms with Crippen LogP contribution in [0.4, 0.5) is 5.82 Å². The van der Waals surface area contributed by atoms with Crippen LogP contribution in [0.3, 0.4) is 0 Å². The maximum Gasteiger partial charge on any atom is 0.162 e. The largest absolute Gasteiger partial charge is 0.385 e. The SMILES string of the molecule is CC1=CC=CCN1.CN(C)C/C=C/c1nc(-c2cccc3[nH]ncc23)nc(N2CCOCC2)c1S. The fourth-order valence-corrected chi connectivity index (χ4v) is 4.11. The van der Waals surface area contributed by atoms with Gasteiger partial charge in [-0.1, -0.05) is 30.4 Å². The lowest BCUT2D eigenvalue weighted by Crippen LogP contribution is -2.37. The second-order valence-electron chi connectivity index (χ2n) is 8.66. The summed E-state index contributed by atoms with van der Waals surface area (Å²) in [5.74, 6) is 1.53. The van der Waals surface area contributed by atoms with E-state index in [0.29, 0.717) is 19.0 Å². The molecule has 0 saturated carbocycles. The average molecular weight is 492 g/mol. The fourth-order valence-electron chi connectivity index (χ4n) is 3.79. The van der Waals surface area contributed by atoms with E-state index in [1.165, 1.54) is 5.70 Å². The van der Waals surface area contributed by atoms with Gasteiger partial charge >= 0.3 is 0 Å². The summed E-state index contributed by atoms with van der Waals surface area (Å²) in [5.41, 5.74) is 3.99. The van der Waals surface area contributed by atoms with Crippen molar-refractivity contribution >= 4 is 35.4 Å². The number of nitrogens with zero attached hydrogens (tertiary/aromatic N) is 5. The minimum Gasteiger partial charge on any atom is -0.385 e. The van der Waals surface area contributed by atoms with Gasteiger partial charge < -0.3 is 19.9 Å². The fraction of sp³-hybridized carbons (Fsp3) is 0.346. The monoisotopic (exact) mass is 491 g/mol. The Hall–Kier alpha value is -3.14. The molecule has 1 aromatic carbocycles. The molecule has 35 heavy (non-hydrogen) atoms. The molecule has 184 valence electrons. The van der Waals surface area contributed by atoms with E-state index in [9.17, 15) is 0 Å². The Morgan fingerprint density at radius 3 is 2.71 bits per heavy atom. The quantitative estimate of drug-likeness (QED) is 0.469. The van der Waals surface area contributed by atoms with Gasteiger partial charge in [-0.15, -0.1) is 12.6 Å². The van der Waals surface area contributed by atoms with Gasteiger partial charge in [0.15, 0.2) is 5.82 Å². The highest BCUT2D eigenvalue weighted by Crippen LogP contribution is 2.32. The first-order valence-corrected chi connectivity index (χ1v) is 12.2. The van der Waals surface area contributed by atoms with Crippen molar-refractivity contribution in [2.75, 3.05) is 58.4 Å². The minimum atomic E-state index is 0.677. The first-order chi connectivity index (χ1) is 17.0. The number of benzene rings is 1. The highest BCUT2D eigenvalue weighted by Gasteiger charge is 2.20. The molecule has 0 atom stereocenters. The number of anilines is 1. The van der Waals surface area contributed by atoms with E-state index >= 15 is 0 Å². The van der Waals surface area contributed by atoms with E-state index < -0.39 is 0 Å². The van der Waals surface area contributed by atoms with Crippen molar-refractivity contribution in [3.05, 3.63) is 60.1 Å². The van der Waals surface area contributed by atoms with Crippen LogP contribution in [0.5, 0.6) is 0 Å². The lowest BCUT2D eigenvalue weighted by Gasteiger charge is -2.29. The number of hydrogen-bond acceptors (Lipinski definition) is 8. The second kappa shape index (κ2) is 12.0. The third kappa shape index (κ3) is 6.50. The first-order valence-electron chi connectivity index (χ1n) is 11.8. The van der Waals surface area contributed by atoms with Gasteiger partial charge in [-0.2, -0.15) is 5.10 Å². The third-order valence-corrected chi connectivity index (χ3v) is 6.09. The summed E-state index contributed by atoms with van der Waals surface area (Å²) < 4.78 is 5.50. The molecule has 1 fully saturated rings. The van der Waals surface area contributed by atoms with E-state index in [1.54, 1.807) is 0 Å². The number of aromatic nitrogens is 4. The second-order valence-corrected chi connectivity index (χ2v) is 9.11. The Balaban J connectivity index is 0.000000356. The van der Waals surface area contributed by atoms with Crippen LogP contribution in [0.15, 0.2) is 59.3 Å². The van der Waals surface area contributed by atoms with Crippen molar-refractivity contribution in [1.82, 2.24) is 30.4 Å². The number of fused-ring (bicyclic) bond motifs is 1. The molecule has 0 spiro atoms. The maximum absolute atomic E-state index is 5.50. The van der Waals surface area contributed by atoms with Crippen LogP contribution >= 0.6 is 12.6 Å². The summed E-state index contributed by atoms with van der Waals surface area (Å²) in [6.45, 7) is 6.84. The van der Waals surface area contributed by atoms with Crippen molar-refractivity contribution in [3.8, 4) is 11.4 Å². The molecule has 2 N–H and O–H groups in total. The summed E-state index contributed by atoms with van der Waals surface area (Å²) in [4.78, 5) is 14.8. The standard InChI is InChI=1S/C20H24N6OS.C6H9N/c1-25(2)8-4-7-17-18(28)20(26-9-11-27-12-10-26)23-19(22-17)14-5-3-6-16-15(14)13-21-24-16;1-6-4-2-3-5-7-6/h3-7,13,28H,8-12H2,1-2H3,(H,21,24);2-4,7H,5H2,1H3/b7-4+;. The normalized spacial score (nSPS) is 15.8. The Labute approximate surface area is 212 Å². The molecule has 0 amide bonds. The zero-order valence-corrected chi connectivity index (χ0v) is 21.4. The van der Waals surface area contributed by atoms with Gasteiger partial charge in [0.1, 0.15) is 5.82 Å². The molecule has 0 bridgehead atoms. The van der Waals surface area contributed by atoms with Gasteiger partial charge in [-0.25, -0.2) is 9.97 Å². The molecule has 2 aliphatic heterocycles.